The molecule has 8 rings (SSSR count). The van der Waals surface area contributed by atoms with Crippen molar-refractivity contribution in [3.05, 3.63) is 34.3 Å². The quantitative estimate of drug-likeness (QED) is 0.197. The molecular weight excluding hydrogens is 816 g/mol. The number of carbonyl (C=O) groups excluding carboxylic acids is 3. The van der Waals surface area contributed by atoms with Gasteiger partial charge in [0.2, 0.25) is 21.8 Å². The number of nitrogens with zero attached hydrogens (tertiary/aromatic N) is 4. The summed E-state index contributed by atoms with van der Waals surface area (Å²) >= 11 is 8.60. The van der Waals surface area contributed by atoms with Crippen molar-refractivity contribution in [3.63, 3.8) is 0 Å². The van der Waals surface area contributed by atoms with E-state index in [0.29, 0.717) is 96.5 Å². The summed E-state index contributed by atoms with van der Waals surface area (Å²) in [5, 5.41) is 6.11. The van der Waals surface area contributed by atoms with Gasteiger partial charge in [-0.1, -0.05) is 52.6 Å². The molecule has 0 unspecified atom stereocenters. The number of fused-ring (bicyclic) bond motifs is 2. The minimum atomic E-state index is -3.83. The first-order chi connectivity index (χ1) is 28.2. The molecule has 17 heteroatoms. The lowest BCUT2D eigenvalue weighted by Crippen LogP contribution is -2.59. The zero-order valence-corrected chi connectivity index (χ0v) is 36.8. The largest absolute Gasteiger partial charge is 0.491 e. The summed E-state index contributed by atoms with van der Waals surface area (Å²) in [5.74, 6) is -0.562. The number of amides is 3. The molecule has 5 heterocycles. The Morgan fingerprint density at radius 3 is 2.51 bits per heavy atom. The fourth-order valence-corrected chi connectivity index (χ4v) is 11.5. The normalized spacial score (nSPS) is 27.3. The van der Waals surface area contributed by atoms with Crippen molar-refractivity contribution in [2.45, 2.75) is 114 Å². The van der Waals surface area contributed by atoms with Gasteiger partial charge in [0.15, 0.2) is 0 Å². The zero-order chi connectivity index (χ0) is 41.8. The van der Waals surface area contributed by atoms with Crippen molar-refractivity contribution < 1.29 is 37.0 Å². The van der Waals surface area contributed by atoms with Crippen LogP contribution in [0.2, 0.25) is 5.02 Å². The first kappa shape index (κ1) is 42.1. The number of hydrogen-bond donors (Lipinski definition) is 2. The number of piperidine rings is 1. The van der Waals surface area contributed by atoms with Crippen molar-refractivity contribution >= 4 is 61.6 Å². The number of halogens is 1. The Bertz CT molecular complexity index is 2210. The highest BCUT2D eigenvalue weighted by Crippen LogP contribution is 2.48. The van der Waals surface area contributed by atoms with Crippen LogP contribution in [0.1, 0.15) is 91.2 Å². The van der Waals surface area contributed by atoms with E-state index in [1.54, 1.807) is 4.90 Å². The molecule has 0 radical (unpaired) electrons. The minimum absolute atomic E-state index is 0.0536. The van der Waals surface area contributed by atoms with Crippen LogP contribution in [0.5, 0.6) is 11.5 Å². The standard InChI is InChI=1S/C42H55ClN6O8S2/c1-6-25-21-42(25,41(52)47-59(53,54)26-7-8-26)46-38(50)32-20-35(31-11-9-27(23(2)3)40(51)49(31)32)57-34-19-29(39-45-30(22-58-39)24(4)5)44-37-28(34)10-12-33(36(37)43)56-18-15-48-13-16-55-17-14-48/h10,12,19,22-27,31-32,35H,6-9,11,13-18,20-21H2,1-5H3,(H,46,50)(H,47,52)/t25-,27-,31-,32+,35-,42-/m1/s1. The zero-order valence-electron chi connectivity index (χ0n) is 34.4. The van der Waals surface area contributed by atoms with E-state index in [9.17, 15) is 22.8 Å². The van der Waals surface area contributed by atoms with E-state index in [1.807, 2.05) is 44.4 Å². The van der Waals surface area contributed by atoms with Gasteiger partial charge in [0.25, 0.3) is 5.91 Å². The van der Waals surface area contributed by atoms with Crippen molar-refractivity contribution in [2.75, 3.05) is 39.5 Å². The van der Waals surface area contributed by atoms with E-state index in [0.717, 1.165) is 25.3 Å². The summed E-state index contributed by atoms with van der Waals surface area (Å²) in [6.45, 7) is 14.4. The van der Waals surface area contributed by atoms with Crippen LogP contribution in [0.4, 0.5) is 0 Å². The molecule has 14 nitrogen and oxygen atoms in total. The molecule has 5 aliphatic rings. The highest BCUT2D eigenvalue weighted by atomic mass is 35.5. The number of benzene rings is 1. The lowest BCUT2D eigenvalue weighted by atomic mass is 9.84. The third-order valence-electron chi connectivity index (χ3n) is 12.8. The van der Waals surface area contributed by atoms with Crippen LogP contribution in [0, 0.1) is 17.8 Å². The summed E-state index contributed by atoms with van der Waals surface area (Å²) in [6, 6.07) is 4.20. The van der Waals surface area contributed by atoms with Crippen molar-refractivity contribution in [2.24, 2.45) is 17.8 Å². The molecule has 2 saturated carbocycles. The van der Waals surface area contributed by atoms with Crippen molar-refractivity contribution in [1.29, 1.82) is 0 Å². The van der Waals surface area contributed by atoms with E-state index in [-0.39, 0.29) is 36.0 Å². The Hall–Kier alpha value is -3.57. The highest BCUT2D eigenvalue weighted by molar-refractivity contribution is 7.91. The molecule has 3 amide bonds. The lowest BCUT2D eigenvalue weighted by Gasteiger charge is -2.40. The van der Waals surface area contributed by atoms with E-state index in [2.05, 4.69) is 28.8 Å². The van der Waals surface area contributed by atoms with Crippen molar-refractivity contribution in [1.82, 2.24) is 29.8 Å². The number of hydrogen-bond acceptors (Lipinski definition) is 12. The molecule has 2 N–H and O–H groups in total. The Morgan fingerprint density at radius 1 is 1.08 bits per heavy atom. The van der Waals surface area contributed by atoms with Crippen LogP contribution in [0.15, 0.2) is 23.6 Å². The van der Waals surface area contributed by atoms with Gasteiger partial charge in [0, 0.05) is 48.8 Å². The van der Waals surface area contributed by atoms with Crippen molar-refractivity contribution in [3.8, 4) is 22.2 Å². The molecule has 0 spiro atoms. The molecule has 2 aliphatic carbocycles. The molecule has 3 aliphatic heterocycles. The summed E-state index contributed by atoms with van der Waals surface area (Å²) in [7, 11) is -3.83. The number of pyridine rings is 1. The summed E-state index contributed by atoms with van der Waals surface area (Å²) < 4.78 is 46.5. The number of sulfonamides is 1. The Labute approximate surface area is 355 Å². The Morgan fingerprint density at radius 2 is 1.85 bits per heavy atom. The molecule has 5 fully saturated rings. The predicted octanol–water partition coefficient (Wildman–Crippen LogP) is 5.52. The van der Waals surface area contributed by atoms with Gasteiger partial charge >= 0.3 is 0 Å². The molecule has 0 bridgehead atoms. The van der Waals surface area contributed by atoms with E-state index < -0.39 is 50.8 Å². The number of carbonyl (C=O) groups is 3. The number of ether oxygens (including phenoxy) is 3. The molecule has 1 aromatic carbocycles. The topological polar surface area (TPSA) is 169 Å². The van der Waals surface area contributed by atoms with Crippen LogP contribution in [0.3, 0.4) is 0 Å². The Balaban J connectivity index is 1.10. The third kappa shape index (κ3) is 8.40. The van der Waals surface area contributed by atoms with Gasteiger partial charge in [-0.15, -0.1) is 11.3 Å². The number of rotatable bonds is 15. The van der Waals surface area contributed by atoms with Crippen LogP contribution >= 0.6 is 22.9 Å². The summed E-state index contributed by atoms with van der Waals surface area (Å²) in [4.78, 5) is 56.3. The van der Waals surface area contributed by atoms with Gasteiger partial charge in [0.1, 0.15) is 51.5 Å². The average Bonchev–Trinajstić information content (AvgIpc) is 4.10. The predicted molar refractivity (Wildman–Crippen MR) is 225 cm³/mol. The summed E-state index contributed by atoms with van der Waals surface area (Å²) in [6.07, 6.45) is 2.75. The van der Waals surface area contributed by atoms with Gasteiger partial charge in [-0.25, -0.2) is 18.4 Å². The fourth-order valence-electron chi connectivity index (χ4n) is 8.95. The maximum Gasteiger partial charge on any atom is 0.259 e. The number of nitrogens with one attached hydrogen (secondary N) is 2. The smallest absolute Gasteiger partial charge is 0.259 e. The monoisotopic (exact) mass is 870 g/mol. The Kier molecular flexibility index (Phi) is 11.9. The third-order valence-corrected chi connectivity index (χ3v) is 15.9. The van der Waals surface area contributed by atoms with Gasteiger partial charge in [0.05, 0.1) is 35.7 Å². The van der Waals surface area contributed by atoms with Gasteiger partial charge in [-0.05, 0) is 62.0 Å². The maximum atomic E-state index is 14.5. The molecule has 3 saturated heterocycles. The minimum Gasteiger partial charge on any atom is -0.491 e. The first-order valence-electron chi connectivity index (χ1n) is 21.1. The van der Waals surface area contributed by atoms with Crippen LogP contribution in [-0.4, -0.2) is 114 Å². The second-order valence-electron chi connectivity index (χ2n) is 17.4. The molecule has 320 valence electrons. The fraction of sp³-hybridized carbons (Fsp3) is 0.643. The van der Waals surface area contributed by atoms with E-state index in [4.69, 9.17) is 35.8 Å². The molecule has 2 aromatic heterocycles. The number of thiazole rings is 1. The molecular formula is C42H55ClN6O8S2. The van der Waals surface area contributed by atoms with Gasteiger partial charge < -0.3 is 24.4 Å². The first-order valence-corrected chi connectivity index (χ1v) is 23.9. The number of aromatic nitrogens is 2. The van der Waals surface area contributed by atoms with Gasteiger partial charge in [-0.2, -0.15) is 0 Å². The summed E-state index contributed by atoms with van der Waals surface area (Å²) in [5.41, 5.74) is 0.644. The second-order valence-corrected chi connectivity index (χ2v) is 20.6. The average molecular weight is 872 g/mol. The van der Waals surface area contributed by atoms with Crippen LogP contribution in [0.25, 0.3) is 21.6 Å². The molecule has 59 heavy (non-hydrogen) atoms. The van der Waals surface area contributed by atoms with Crippen LogP contribution in [-0.2, 0) is 29.1 Å². The van der Waals surface area contributed by atoms with E-state index >= 15 is 0 Å². The maximum absolute atomic E-state index is 14.5. The molecule has 3 aromatic rings. The SMILES string of the molecule is CC[C@@H]1C[C@]1(NC(=O)[C@@H]1C[C@@H](Oc2cc(-c3nc(C(C)C)cs3)nc3c(Cl)c(OCCN4CCOCC4)ccc23)[C@H]2CC[C@H](C(C)C)C(=O)N21)C(=O)NS(=O)(=O)C1CC1. The van der Waals surface area contributed by atoms with E-state index in [1.165, 1.54) is 11.3 Å². The highest BCUT2D eigenvalue weighted by Gasteiger charge is 2.63. The second kappa shape index (κ2) is 16.7. The van der Waals surface area contributed by atoms with Crippen LogP contribution < -0.4 is 19.5 Å². The molecule has 6 atom stereocenters. The lowest BCUT2D eigenvalue weighted by molar-refractivity contribution is -0.149. The number of morpholine rings is 1. The van der Waals surface area contributed by atoms with Gasteiger partial charge in [-0.3, -0.25) is 24.0 Å².